The third-order valence-corrected chi connectivity index (χ3v) is 3.62. The Morgan fingerprint density at radius 3 is 2.19 bits per heavy atom. The molecule has 0 fully saturated rings. The van der Waals surface area contributed by atoms with Gasteiger partial charge in [-0.25, -0.2) is 0 Å². The smallest absolute Gasteiger partial charge is 0.255 e. The summed E-state index contributed by atoms with van der Waals surface area (Å²) < 4.78 is 16.5. The summed E-state index contributed by atoms with van der Waals surface area (Å²) in [4.78, 5) is 12.6. The maximum Gasteiger partial charge on any atom is 0.255 e. The molecule has 0 spiro atoms. The van der Waals surface area contributed by atoms with Crippen molar-refractivity contribution in [3.05, 3.63) is 42.0 Å². The molecule has 148 valence electrons. The van der Waals surface area contributed by atoms with Crippen molar-refractivity contribution in [1.29, 1.82) is 0 Å². The Morgan fingerprint density at radius 2 is 1.59 bits per heavy atom. The molecule has 27 heavy (non-hydrogen) atoms. The van der Waals surface area contributed by atoms with Gasteiger partial charge in [-0.1, -0.05) is 13.8 Å². The molecule has 0 radical (unpaired) electrons. The van der Waals surface area contributed by atoms with Gasteiger partial charge in [-0.15, -0.1) is 12.4 Å². The number of rotatable bonds is 9. The maximum absolute atomic E-state index is 12.6. The molecular formula is C20H27ClN2O4. The first-order valence-electron chi connectivity index (χ1n) is 8.73. The molecule has 1 amide bonds. The molecule has 7 heteroatoms. The van der Waals surface area contributed by atoms with Crippen LogP contribution >= 0.6 is 12.4 Å². The number of benzene rings is 2. The number of nitrogens with one attached hydrogen (secondary N) is 1. The molecule has 2 aromatic carbocycles. The van der Waals surface area contributed by atoms with Crippen molar-refractivity contribution >= 4 is 29.7 Å². The number of anilines is 2. The molecule has 6 nitrogen and oxygen atoms in total. The number of nitrogens with two attached hydrogens (primary N) is 1. The number of nitrogen functional groups attached to an aromatic ring is 1. The number of methoxy groups -OCH3 is 1. The summed E-state index contributed by atoms with van der Waals surface area (Å²) in [6, 6.07) is 10.3. The first kappa shape index (κ1) is 22.4. The van der Waals surface area contributed by atoms with Gasteiger partial charge in [-0.2, -0.15) is 0 Å². The van der Waals surface area contributed by atoms with Gasteiger partial charge >= 0.3 is 0 Å². The molecular weight excluding hydrogens is 368 g/mol. The van der Waals surface area contributed by atoms with Crippen molar-refractivity contribution in [3.8, 4) is 17.2 Å². The summed E-state index contributed by atoms with van der Waals surface area (Å²) in [6.07, 6.45) is 1.77. The van der Waals surface area contributed by atoms with Crippen LogP contribution in [0.1, 0.15) is 37.0 Å². The number of hydrogen-bond donors (Lipinski definition) is 2. The van der Waals surface area contributed by atoms with Gasteiger partial charge in [0.25, 0.3) is 5.91 Å². The molecule has 0 heterocycles. The van der Waals surface area contributed by atoms with E-state index < -0.39 is 0 Å². The van der Waals surface area contributed by atoms with Gasteiger partial charge in [0.15, 0.2) is 11.5 Å². The van der Waals surface area contributed by atoms with Crippen LogP contribution in [0.2, 0.25) is 0 Å². The summed E-state index contributed by atoms with van der Waals surface area (Å²) in [5.41, 5.74) is 7.41. The average molecular weight is 395 g/mol. The van der Waals surface area contributed by atoms with E-state index in [1.54, 1.807) is 43.5 Å². The van der Waals surface area contributed by atoms with Crippen molar-refractivity contribution in [2.75, 3.05) is 31.4 Å². The first-order chi connectivity index (χ1) is 12.6. The van der Waals surface area contributed by atoms with E-state index in [0.29, 0.717) is 47.4 Å². The fourth-order valence-electron chi connectivity index (χ4n) is 2.32. The van der Waals surface area contributed by atoms with E-state index in [9.17, 15) is 4.79 Å². The number of carbonyl (C=O) groups excluding carboxylic acids is 1. The summed E-state index contributed by atoms with van der Waals surface area (Å²) in [6.45, 7) is 5.22. The van der Waals surface area contributed by atoms with E-state index in [-0.39, 0.29) is 18.3 Å². The zero-order valence-electron chi connectivity index (χ0n) is 15.9. The molecule has 0 bridgehead atoms. The SMILES string of the molecule is CCCOc1ccc(C(=O)Nc2ccc(OC)c(N)c2)cc1OCCC.Cl. The van der Waals surface area contributed by atoms with Crippen LogP contribution < -0.4 is 25.3 Å². The molecule has 0 aliphatic heterocycles. The highest BCUT2D eigenvalue weighted by Crippen LogP contribution is 2.30. The Balaban J connectivity index is 0.00000364. The number of hydrogen-bond acceptors (Lipinski definition) is 5. The lowest BCUT2D eigenvalue weighted by molar-refractivity contribution is 0.102. The zero-order valence-corrected chi connectivity index (χ0v) is 16.7. The van der Waals surface area contributed by atoms with Gasteiger partial charge < -0.3 is 25.3 Å². The lowest BCUT2D eigenvalue weighted by Gasteiger charge is -2.14. The van der Waals surface area contributed by atoms with E-state index in [2.05, 4.69) is 5.32 Å². The predicted molar refractivity (Wildman–Crippen MR) is 111 cm³/mol. The van der Waals surface area contributed by atoms with Gasteiger partial charge in [0.05, 0.1) is 26.0 Å². The van der Waals surface area contributed by atoms with E-state index in [0.717, 1.165) is 12.8 Å². The number of ether oxygens (including phenoxy) is 3. The lowest BCUT2D eigenvalue weighted by atomic mass is 10.1. The lowest BCUT2D eigenvalue weighted by Crippen LogP contribution is -2.13. The number of amides is 1. The molecule has 2 rings (SSSR count). The number of carbonyl (C=O) groups is 1. The molecule has 0 saturated carbocycles. The second-order valence-corrected chi connectivity index (χ2v) is 5.77. The molecule has 0 atom stereocenters. The zero-order chi connectivity index (χ0) is 18.9. The third kappa shape index (κ3) is 6.25. The highest BCUT2D eigenvalue weighted by Gasteiger charge is 2.13. The van der Waals surface area contributed by atoms with E-state index in [4.69, 9.17) is 19.9 Å². The summed E-state index contributed by atoms with van der Waals surface area (Å²) >= 11 is 0. The predicted octanol–water partition coefficient (Wildman–Crippen LogP) is 4.53. The third-order valence-electron chi connectivity index (χ3n) is 3.62. The Morgan fingerprint density at radius 1 is 0.963 bits per heavy atom. The Kier molecular flexibility index (Phi) is 9.30. The minimum atomic E-state index is -0.252. The van der Waals surface area contributed by atoms with Crippen LogP contribution in [0, 0.1) is 0 Å². The molecule has 0 aliphatic carbocycles. The summed E-state index contributed by atoms with van der Waals surface area (Å²) in [5, 5.41) is 2.83. The van der Waals surface area contributed by atoms with Crippen LogP contribution in [-0.4, -0.2) is 26.2 Å². The van der Waals surface area contributed by atoms with Gasteiger partial charge in [0.1, 0.15) is 5.75 Å². The van der Waals surface area contributed by atoms with Crippen molar-refractivity contribution in [3.63, 3.8) is 0 Å². The summed E-state index contributed by atoms with van der Waals surface area (Å²) in [5.74, 6) is 1.53. The normalized spacial score (nSPS) is 9.89. The van der Waals surface area contributed by atoms with Gasteiger partial charge in [0, 0.05) is 11.3 Å². The first-order valence-corrected chi connectivity index (χ1v) is 8.73. The van der Waals surface area contributed by atoms with Gasteiger partial charge in [-0.3, -0.25) is 4.79 Å². The minimum absolute atomic E-state index is 0. The highest BCUT2D eigenvalue weighted by atomic mass is 35.5. The topological polar surface area (TPSA) is 82.8 Å². The van der Waals surface area contributed by atoms with Gasteiger partial charge in [0.2, 0.25) is 0 Å². The Labute approximate surface area is 166 Å². The quantitative estimate of drug-likeness (QED) is 0.610. The average Bonchev–Trinajstić information content (AvgIpc) is 2.65. The van der Waals surface area contributed by atoms with Crippen LogP contribution in [-0.2, 0) is 0 Å². The van der Waals surface area contributed by atoms with Crippen LogP contribution in [0.3, 0.4) is 0 Å². The van der Waals surface area contributed by atoms with Crippen LogP contribution in [0.25, 0.3) is 0 Å². The maximum atomic E-state index is 12.6. The fourth-order valence-corrected chi connectivity index (χ4v) is 2.32. The summed E-state index contributed by atoms with van der Waals surface area (Å²) in [7, 11) is 1.55. The second kappa shape index (κ2) is 11.2. The number of halogens is 1. The monoisotopic (exact) mass is 394 g/mol. The molecule has 2 aromatic rings. The van der Waals surface area contributed by atoms with Crippen molar-refractivity contribution in [2.45, 2.75) is 26.7 Å². The minimum Gasteiger partial charge on any atom is -0.495 e. The van der Waals surface area contributed by atoms with Crippen LogP contribution in [0.5, 0.6) is 17.2 Å². The van der Waals surface area contributed by atoms with Crippen molar-refractivity contribution in [1.82, 2.24) is 0 Å². The molecule has 0 aromatic heterocycles. The Bertz CT molecular complexity index is 753. The molecule has 0 saturated heterocycles. The Hall–Kier alpha value is -2.60. The van der Waals surface area contributed by atoms with Crippen LogP contribution in [0.4, 0.5) is 11.4 Å². The molecule has 0 aliphatic rings. The molecule has 3 N–H and O–H groups in total. The highest BCUT2D eigenvalue weighted by molar-refractivity contribution is 6.05. The standard InChI is InChI=1S/C20H26N2O4.ClH/c1-4-10-25-18-8-6-14(12-19(18)26-11-5-2)20(23)22-15-7-9-17(24-3)16(21)13-15;/h6-9,12-13H,4-5,10-11,21H2,1-3H3,(H,22,23);1H. The molecule has 0 unspecified atom stereocenters. The van der Waals surface area contributed by atoms with Crippen molar-refractivity contribution < 1.29 is 19.0 Å². The van der Waals surface area contributed by atoms with E-state index >= 15 is 0 Å². The van der Waals surface area contributed by atoms with E-state index in [1.807, 2.05) is 13.8 Å². The van der Waals surface area contributed by atoms with Gasteiger partial charge in [-0.05, 0) is 49.2 Å². The largest absolute Gasteiger partial charge is 0.495 e. The second-order valence-electron chi connectivity index (χ2n) is 5.77. The van der Waals surface area contributed by atoms with E-state index in [1.165, 1.54) is 0 Å². The van der Waals surface area contributed by atoms with Crippen molar-refractivity contribution in [2.24, 2.45) is 0 Å². The fraction of sp³-hybridized carbons (Fsp3) is 0.350. The van der Waals surface area contributed by atoms with Crippen LogP contribution in [0.15, 0.2) is 36.4 Å².